The zero-order valence-corrected chi connectivity index (χ0v) is 12.1. The molecule has 0 aliphatic carbocycles. The highest BCUT2D eigenvalue weighted by molar-refractivity contribution is 5.96. The lowest BCUT2D eigenvalue weighted by molar-refractivity contribution is 0.0946. The normalized spacial score (nSPS) is 13.4. The first-order valence-corrected chi connectivity index (χ1v) is 7.07. The number of amides is 1. The van der Waals surface area contributed by atoms with Crippen LogP contribution >= 0.6 is 0 Å². The summed E-state index contributed by atoms with van der Waals surface area (Å²) in [6.07, 6.45) is 7.21. The Morgan fingerprint density at radius 2 is 1.82 bits per heavy atom. The maximum atomic E-state index is 12.0. The van der Waals surface area contributed by atoms with Gasteiger partial charge in [-0.3, -0.25) is 4.79 Å². The van der Waals surface area contributed by atoms with Gasteiger partial charge in [-0.15, -0.1) is 0 Å². The van der Waals surface area contributed by atoms with Crippen molar-refractivity contribution in [3.63, 3.8) is 0 Å². The molecule has 22 heavy (non-hydrogen) atoms. The monoisotopic (exact) mass is 295 g/mol. The summed E-state index contributed by atoms with van der Waals surface area (Å²) in [7, 11) is 0. The van der Waals surface area contributed by atoms with Crippen molar-refractivity contribution < 1.29 is 4.79 Å². The maximum Gasteiger partial charge on any atom is 0.273 e. The van der Waals surface area contributed by atoms with Crippen LogP contribution in [0.25, 0.3) is 0 Å². The Labute approximate surface area is 128 Å². The molecule has 0 atom stereocenters. The SMILES string of the molecule is Nc1nccnc1C(=O)NCc1ccc(N2CC=CC2)cc1. The number of nitrogens with two attached hydrogens (primary N) is 1. The Bertz CT molecular complexity index is 688. The van der Waals surface area contributed by atoms with E-state index in [2.05, 4.69) is 44.5 Å². The number of rotatable bonds is 4. The number of benzene rings is 1. The predicted octanol–water partition coefficient (Wildman–Crippen LogP) is 1.36. The van der Waals surface area contributed by atoms with Crippen LogP contribution in [0.1, 0.15) is 16.1 Å². The average molecular weight is 295 g/mol. The molecule has 112 valence electrons. The molecule has 1 aliphatic heterocycles. The molecule has 0 bridgehead atoms. The van der Waals surface area contributed by atoms with Crippen molar-refractivity contribution in [2.45, 2.75) is 6.54 Å². The fourth-order valence-electron chi connectivity index (χ4n) is 2.30. The Morgan fingerprint density at radius 3 is 2.50 bits per heavy atom. The van der Waals surface area contributed by atoms with Crippen molar-refractivity contribution in [2.75, 3.05) is 23.7 Å². The summed E-state index contributed by atoms with van der Waals surface area (Å²) in [5.41, 5.74) is 7.99. The number of anilines is 2. The molecule has 6 nitrogen and oxygen atoms in total. The lowest BCUT2D eigenvalue weighted by Gasteiger charge is -2.17. The van der Waals surface area contributed by atoms with Gasteiger partial charge in [-0.05, 0) is 17.7 Å². The molecule has 3 N–H and O–H groups in total. The van der Waals surface area contributed by atoms with Crippen LogP contribution < -0.4 is 16.0 Å². The van der Waals surface area contributed by atoms with Gasteiger partial charge in [-0.1, -0.05) is 24.3 Å². The summed E-state index contributed by atoms with van der Waals surface area (Å²) in [6.45, 7) is 2.32. The fraction of sp³-hybridized carbons (Fsp3) is 0.188. The molecule has 1 aromatic heterocycles. The second-order valence-corrected chi connectivity index (χ2v) is 5.02. The number of aromatic nitrogens is 2. The van der Waals surface area contributed by atoms with E-state index in [1.807, 2.05) is 12.1 Å². The van der Waals surface area contributed by atoms with Gasteiger partial charge < -0.3 is 16.0 Å². The van der Waals surface area contributed by atoms with Gasteiger partial charge in [0.2, 0.25) is 0 Å². The quantitative estimate of drug-likeness (QED) is 0.832. The van der Waals surface area contributed by atoms with E-state index in [0.717, 1.165) is 18.7 Å². The van der Waals surface area contributed by atoms with Crippen LogP contribution in [-0.2, 0) is 6.54 Å². The number of nitrogens with one attached hydrogen (secondary N) is 1. The molecule has 0 saturated carbocycles. The maximum absolute atomic E-state index is 12.0. The standard InChI is InChI=1S/C16H17N5O/c17-15-14(18-7-8-19-15)16(22)20-11-12-3-5-13(6-4-12)21-9-1-2-10-21/h1-8H,9-11H2,(H2,17,19)(H,20,22). The van der Waals surface area contributed by atoms with E-state index in [9.17, 15) is 4.79 Å². The minimum atomic E-state index is -0.321. The van der Waals surface area contributed by atoms with Crippen LogP contribution in [0.5, 0.6) is 0 Å². The van der Waals surface area contributed by atoms with Gasteiger partial charge in [0.05, 0.1) is 0 Å². The number of nitrogens with zero attached hydrogens (tertiary/aromatic N) is 3. The van der Waals surface area contributed by atoms with Crippen molar-refractivity contribution in [2.24, 2.45) is 0 Å². The topological polar surface area (TPSA) is 84.1 Å². The van der Waals surface area contributed by atoms with Gasteiger partial charge in [0, 0.05) is 37.7 Å². The van der Waals surface area contributed by atoms with Crippen molar-refractivity contribution in [1.82, 2.24) is 15.3 Å². The van der Waals surface area contributed by atoms with Crippen molar-refractivity contribution in [1.29, 1.82) is 0 Å². The minimum absolute atomic E-state index is 0.136. The number of hydrogen-bond acceptors (Lipinski definition) is 5. The lowest BCUT2D eigenvalue weighted by atomic mass is 10.2. The predicted molar refractivity (Wildman–Crippen MR) is 85.4 cm³/mol. The zero-order valence-electron chi connectivity index (χ0n) is 12.1. The average Bonchev–Trinajstić information content (AvgIpc) is 3.08. The third-order valence-corrected chi connectivity index (χ3v) is 3.51. The highest BCUT2D eigenvalue weighted by Gasteiger charge is 2.11. The summed E-state index contributed by atoms with van der Waals surface area (Å²) in [5, 5.41) is 2.80. The van der Waals surface area contributed by atoms with Gasteiger partial charge in [0.1, 0.15) is 0 Å². The molecule has 1 aliphatic rings. The Morgan fingerprint density at radius 1 is 1.14 bits per heavy atom. The third kappa shape index (κ3) is 3.06. The Balaban J connectivity index is 1.59. The van der Waals surface area contributed by atoms with E-state index in [-0.39, 0.29) is 17.4 Å². The fourth-order valence-corrected chi connectivity index (χ4v) is 2.30. The van der Waals surface area contributed by atoms with Crippen molar-refractivity contribution in [3.8, 4) is 0 Å². The molecule has 1 aromatic carbocycles. The molecular formula is C16H17N5O. The van der Waals surface area contributed by atoms with E-state index >= 15 is 0 Å². The van der Waals surface area contributed by atoms with E-state index < -0.39 is 0 Å². The Hall–Kier alpha value is -2.89. The number of carbonyl (C=O) groups is 1. The minimum Gasteiger partial charge on any atom is -0.382 e. The molecular weight excluding hydrogens is 278 g/mol. The van der Waals surface area contributed by atoms with Crippen LogP contribution in [0.3, 0.4) is 0 Å². The smallest absolute Gasteiger partial charge is 0.273 e. The van der Waals surface area contributed by atoms with Crippen molar-refractivity contribution in [3.05, 3.63) is 60.1 Å². The van der Waals surface area contributed by atoms with Crippen LogP contribution in [0.15, 0.2) is 48.8 Å². The molecule has 2 aromatic rings. The summed E-state index contributed by atoms with van der Waals surface area (Å²) in [6, 6.07) is 8.14. The molecule has 0 radical (unpaired) electrons. The molecule has 0 fully saturated rings. The van der Waals surface area contributed by atoms with Crippen LogP contribution in [-0.4, -0.2) is 29.0 Å². The van der Waals surface area contributed by atoms with Gasteiger partial charge >= 0.3 is 0 Å². The van der Waals surface area contributed by atoms with Crippen molar-refractivity contribution >= 4 is 17.4 Å². The van der Waals surface area contributed by atoms with Gasteiger partial charge in [-0.2, -0.15) is 0 Å². The molecule has 0 saturated heterocycles. The van der Waals surface area contributed by atoms with Gasteiger partial charge in [-0.25, -0.2) is 9.97 Å². The second kappa shape index (κ2) is 6.26. The summed E-state index contributed by atoms with van der Waals surface area (Å²) >= 11 is 0. The molecule has 2 heterocycles. The van der Waals surface area contributed by atoms with Gasteiger partial charge in [0.25, 0.3) is 5.91 Å². The molecule has 1 amide bonds. The first kappa shape index (κ1) is 14.1. The Kier molecular flexibility index (Phi) is 4.00. The second-order valence-electron chi connectivity index (χ2n) is 5.02. The lowest BCUT2D eigenvalue weighted by Crippen LogP contribution is -2.25. The molecule has 0 unspecified atom stereocenters. The van der Waals surface area contributed by atoms with E-state index in [4.69, 9.17) is 5.73 Å². The number of hydrogen-bond donors (Lipinski definition) is 2. The summed E-state index contributed by atoms with van der Waals surface area (Å²) in [5.74, 6) is -0.185. The first-order valence-electron chi connectivity index (χ1n) is 7.07. The molecule has 3 rings (SSSR count). The number of nitrogen functional groups attached to an aromatic ring is 1. The largest absolute Gasteiger partial charge is 0.382 e. The van der Waals surface area contributed by atoms with Crippen LogP contribution in [0.2, 0.25) is 0 Å². The molecule has 0 spiro atoms. The highest BCUT2D eigenvalue weighted by Crippen LogP contribution is 2.17. The summed E-state index contributed by atoms with van der Waals surface area (Å²) < 4.78 is 0. The van der Waals surface area contributed by atoms with E-state index in [1.54, 1.807) is 0 Å². The molecule has 6 heteroatoms. The highest BCUT2D eigenvalue weighted by atomic mass is 16.1. The van der Waals surface area contributed by atoms with Gasteiger partial charge in [0.15, 0.2) is 11.5 Å². The van der Waals surface area contributed by atoms with E-state index in [1.165, 1.54) is 18.1 Å². The first-order chi connectivity index (χ1) is 10.7. The number of carbonyl (C=O) groups excluding carboxylic acids is 1. The van der Waals surface area contributed by atoms with E-state index in [0.29, 0.717) is 6.54 Å². The van der Waals surface area contributed by atoms with Crippen LogP contribution in [0, 0.1) is 0 Å². The van der Waals surface area contributed by atoms with Crippen LogP contribution in [0.4, 0.5) is 11.5 Å². The zero-order chi connectivity index (χ0) is 15.4. The summed E-state index contributed by atoms with van der Waals surface area (Å²) in [4.78, 5) is 22.1. The third-order valence-electron chi connectivity index (χ3n) is 3.51.